The van der Waals surface area contributed by atoms with Gasteiger partial charge in [0.2, 0.25) is 0 Å². The van der Waals surface area contributed by atoms with Gasteiger partial charge in [-0.15, -0.1) is 0 Å². The van der Waals surface area contributed by atoms with Crippen molar-refractivity contribution in [3.05, 3.63) is 23.8 Å². The van der Waals surface area contributed by atoms with E-state index in [1.165, 1.54) is 50.5 Å². The molecule has 0 spiro atoms. The Morgan fingerprint density at radius 2 is 1.33 bits per heavy atom. The molecule has 1 aromatic rings. The number of carbonyl (C=O) groups excluding carboxylic acids is 1. The van der Waals surface area contributed by atoms with Crippen molar-refractivity contribution in [2.45, 2.75) is 103 Å². The average Bonchev–Trinajstić information content (AvgIpc) is 2.79. The molecule has 0 heterocycles. The van der Waals surface area contributed by atoms with Crippen LogP contribution < -0.4 is 9.47 Å². The van der Waals surface area contributed by atoms with E-state index in [-0.39, 0.29) is 5.97 Å². The smallest absolute Gasteiger partial charge is 0.305 e. The molecule has 0 aliphatic rings. The van der Waals surface area contributed by atoms with Gasteiger partial charge in [-0.25, -0.2) is 0 Å². The van der Waals surface area contributed by atoms with Gasteiger partial charge in [-0.3, -0.25) is 4.79 Å². The largest absolute Gasteiger partial charge is 0.497 e. The molecular weight excluding hydrogens is 414 g/mol. The molecule has 5 heteroatoms. The number of nitrogens with zero attached hydrogens (tertiary/aromatic N) is 1. The first-order chi connectivity index (χ1) is 16.0. The Labute approximate surface area is 203 Å². The summed E-state index contributed by atoms with van der Waals surface area (Å²) in [5.41, 5.74) is 1.19. The summed E-state index contributed by atoms with van der Waals surface area (Å²) >= 11 is 0. The van der Waals surface area contributed by atoms with Crippen molar-refractivity contribution < 1.29 is 19.0 Å². The Kier molecular flexibility index (Phi) is 17.5. The monoisotopic (exact) mass is 463 g/mol. The van der Waals surface area contributed by atoms with Crippen LogP contribution in [0.2, 0.25) is 0 Å². The third kappa shape index (κ3) is 16.5. The molecule has 0 N–H and O–H groups in total. The number of esters is 1. The van der Waals surface area contributed by atoms with Crippen molar-refractivity contribution in [1.82, 2.24) is 4.90 Å². The summed E-state index contributed by atoms with van der Waals surface area (Å²) < 4.78 is 16.7. The van der Waals surface area contributed by atoms with Gasteiger partial charge in [-0.1, -0.05) is 71.1 Å². The second-order valence-electron chi connectivity index (χ2n) is 9.32. The molecule has 0 unspecified atom stereocenters. The molecule has 33 heavy (non-hydrogen) atoms. The summed E-state index contributed by atoms with van der Waals surface area (Å²) in [6.45, 7) is 4.40. The predicted molar refractivity (Wildman–Crippen MR) is 137 cm³/mol. The summed E-state index contributed by atoms with van der Waals surface area (Å²) in [7, 11) is 5.80. The van der Waals surface area contributed by atoms with Crippen molar-refractivity contribution in [3.63, 3.8) is 0 Å². The Hall–Kier alpha value is -1.75. The van der Waals surface area contributed by atoms with Crippen LogP contribution in [0, 0.1) is 0 Å². The number of unbranched alkanes of at least 4 members (excludes halogenated alkanes) is 11. The van der Waals surface area contributed by atoms with Crippen molar-refractivity contribution in [3.8, 4) is 11.5 Å². The zero-order chi connectivity index (χ0) is 24.2. The van der Waals surface area contributed by atoms with E-state index in [1.807, 2.05) is 6.07 Å². The SMILES string of the molecule is CCCCCCCCCC(=O)OCCCCCCCCOc1cc(CN(C)C)cc(OC)c1. The fourth-order valence-corrected chi connectivity index (χ4v) is 3.87. The topological polar surface area (TPSA) is 48.0 Å². The summed E-state index contributed by atoms with van der Waals surface area (Å²) in [5, 5.41) is 0. The number of ether oxygens (including phenoxy) is 3. The van der Waals surface area contributed by atoms with Crippen molar-refractivity contribution in [2.75, 3.05) is 34.4 Å². The van der Waals surface area contributed by atoms with Gasteiger partial charge in [0, 0.05) is 19.0 Å². The second kappa shape index (κ2) is 19.7. The van der Waals surface area contributed by atoms with E-state index in [2.05, 4.69) is 38.1 Å². The lowest BCUT2D eigenvalue weighted by Gasteiger charge is -2.14. The van der Waals surface area contributed by atoms with Crippen LogP contribution in [0.1, 0.15) is 102 Å². The Bertz CT molecular complexity index is 618. The minimum atomic E-state index is -0.0213. The van der Waals surface area contributed by atoms with Crippen LogP contribution in [-0.4, -0.2) is 45.3 Å². The van der Waals surface area contributed by atoms with Gasteiger partial charge in [0.25, 0.3) is 0 Å². The predicted octanol–water partition coefficient (Wildman–Crippen LogP) is 7.16. The first kappa shape index (κ1) is 29.3. The third-order valence-corrected chi connectivity index (χ3v) is 5.73. The van der Waals surface area contributed by atoms with E-state index in [0.717, 1.165) is 63.2 Å². The van der Waals surface area contributed by atoms with Crippen LogP contribution in [0.15, 0.2) is 18.2 Å². The molecule has 0 aliphatic heterocycles. The van der Waals surface area contributed by atoms with Crippen LogP contribution in [0.4, 0.5) is 0 Å². The van der Waals surface area contributed by atoms with Crippen LogP contribution in [0.3, 0.4) is 0 Å². The molecule has 0 fully saturated rings. The fourth-order valence-electron chi connectivity index (χ4n) is 3.87. The number of hydrogen-bond acceptors (Lipinski definition) is 5. The minimum Gasteiger partial charge on any atom is -0.497 e. The molecule has 0 aromatic heterocycles. The summed E-state index contributed by atoms with van der Waals surface area (Å²) in [6.07, 6.45) is 15.9. The van der Waals surface area contributed by atoms with E-state index in [9.17, 15) is 4.79 Å². The first-order valence-electron chi connectivity index (χ1n) is 13.2. The van der Waals surface area contributed by atoms with Crippen molar-refractivity contribution in [2.24, 2.45) is 0 Å². The normalized spacial score (nSPS) is 11.1. The number of rotatable bonds is 21. The zero-order valence-electron chi connectivity index (χ0n) is 21.8. The van der Waals surface area contributed by atoms with Gasteiger partial charge < -0.3 is 19.1 Å². The summed E-state index contributed by atoms with van der Waals surface area (Å²) in [6, 6.07) is 6.10. The van der Waals surface area contributed by atoms with Crippen LogP contribution in [0.25, 0.3) is 0 Å². The number of methoxy groups -OCH3 is 1. The lowest BCUT2D eigenvalue weighted by atomic mass is 10.1. The molecule has 1 rings (SSSR count). The highest BCUT2D eigenvalue weighted by Gasteiger charge is 2.05. The summed E-state index contributed by atoms with van der Waals surface area (Å²) in [5.74, 6) is 1.70. The molecule has 0 saturated heterocycles. The van der Waals surface area contributed by atoms with E-state index in [4.69, 9.17) is 14.2 Å². The van der Waals surface area contributed by atoms with Crippen molar-refractivity contribution >= 4 is 5.97 Å². The summed E-state index contributed by atoms with van der Waals surface area (Å²) in [4.78, 5) is 13.9. The van der Waals surface area contributed by atoms with Crippen LogP contribution >= 0.6 is 0 Å². The molecule has 0 radical (unpaired) electrons. The van der Waals surface area contributed by atoms with Gasteiger partial charge in [0.05, 0.1) is 20.3 Å². The van der Waals surface area contributed by atoms with E-state index >= 15 is 0 Å². The molecular formula is C28H49NO4. The fraction of sp³-hybridized carbons (Fsp3) is 0.750. The third-order valence-electron chi connectivity index (χ3n) is 5.73. The maximum absolute atomic E-state index is 11.8. The standard InChI is InChI=1S/C28H49NO4/c1-5-6-7-8-9-12-15-18-28(30)33-20-17-14-11-10-13-16-19-32-27-22-25(24-29(2)3)21-26(23-27)31-4/h21-23H,5-20,24H2,1-4H3. The lowest BCUT2D eigenvalue weighted by molar-refractivity contribution is -0.143. The highest BCUT2D eigenvalue weighted by Crippen LogP contribution is 2.24. The van der Waals surface area contributed by atoms with Crippen molar-refractivity contribution in [1.29, 1.82) is 0 Å². The molecule has 0 saturated carbocycles. The highest BCUT2D eigenvalue weighted by atomic mass is 16.5. The van der Waals surface area contributed by atoms with Gasteiger partial charge in [0.15, 0.2) is 0 Å². The molecule has 0 atom stereocenters. The van der Waals surface area contributed by atoms with Crippen LogP contribution in [-0.2, 0) is 16.1 Å². The zero-order valence-corrected chi connectivity index (χ0v) is 21.8. The molecule has 190 valence electrons. The molecule has 0 aliphatic carbocycles. The van der Waals surface area contributed by atoms with Gasteiger partial charge in [0.1, 0.15) is 11.5 Å². The van der Waals surface area contributed by atoms with Crippen LogP contribution in [0.5, 0.6) is 11.5 Å². The minimum absolute atomic E-state index is 0.0213. The quantitative estimate of drug-likeness (QED) is 0.143. The maximum atomic E-state index is 11.8. The molecule has 5 nitrogen and oxygen atoms in total. The second-order valence-corrected chi connectivity index (χ2v) is 9.32. The van der Waals surface area contributed by atoms with E-state index in [0.29, 0.717) is 13.0 Å². The molecule has 1 aromatic carbocycles. The molecule has 0 bridgehead atoms. The highest BCUT2D eigenvalue weighted by molar-refractivity contribution is 5.69. The maximum Gasteiger partial charge on any atom is 0.305 e. The van der Waals surface area contributed by atoms with E-state index < -0.39 is 0 Å². The number of benzene rings is 1. The van der Waals surface area contributed by atoms with Gasteiger partial charge in [-0.2, -0.15) is 0 Å². The first-order valence-corrected chi connectivity index (χ1v) is 13.2. The average molecular weight is 464 g/mol. The van der Waals surface area contributed by atoms with Gasteiger partial charge >= 0.3 is 5.97 Å². The van der Waals surface area contributed by atoms with E-state index in [1.54, 1.807) is 7.11 Å². The lowest BCUT2D eigenvalue weighted by Crippen LogP contribution is -2.11. The Morgan fingerprint density at radius 3 is 1.97 bits per heavy atom. The Balaban J connectivity index is 1.97. The van der Waals surface area contributed by atoms with Gasteiger partial charge in [-0.05, 0) is 51.1 Å². The molecule has 0 amide bonds. The number of hydrogen-bond donors (Lipinski definition) is 0. The number of carbonyl (C=O) groups is 1. The Morgan fingerprint density at radius 1 is 0.758 bits per heavy atom.